The van der Waals surface area contributed by atoms with Crippen LogP contribution in [-0.4, -0.2) is 90.2 Å². The lowest BCUT2D eigenvalue weighted by atomic mass is 10.0. The zero-order chi connectivity index (χ0) is 33.1. The third-order valence-electron chi connectivity index (χ3n) is 5.70. The number of Topliss-reactive ketones (excluding diaryl/α,β-unsaturated/α-hetero) is 1. The molecule has 0 unspecified atom stereocenters. The molecule has 0 aliphatic heterocycles. The molecule has 12 nitrogen and oxygen atoms in total. The summed E-state index contributed by atoms with van der Waals surface area (Å²) < 4.78 is 0. The summed E-state index contributed by atoms with van der Waals surface area (Å²) in [5.74, 6) is 0.643. The Kier molecular flexibility index (Phi) is 18.9. The highest BCUT2D eigenvalue weighted by atomic mass is 32.2. The smallest absolute Gasteiger partial charge is 0.315 e. The number of rotatable bonds is 20. The van der Waals surface area contributed by atoms with Crippen molar-refractivity contribution in [1.29, 1.82) is 0 Å². The number of thioether (sulfide) groups is 2. The van der Waals surface area contributed by atoms with Crippen LogP contribution in [0.1, 0.15) is 74.2 Å². The number of carbonyl (C=O) groups excluding carboxylic acids is 6. The molecule has 0 radical (unpaired) electrons. The lowest BCUT2D eigenvalue weighted by molar-refractivity contribution is -0.122. The molecule has 0 aliphatic carbocycles. The summed E-state index contributed by atoms with van der Waals surface area (Å²) in [4.78, 5) is 73.5. The first-order valence-corrected chi connectivity index (χ1v) is 17.1. The van der Waals surface area contributed by atoms with Crippen LogP contribution in [0.5, 0.6) is 0 Å². The van der Waals surface area contributed by atoms with E-state index in [2.05, 4.69) is 31.9 Å². The van der Waals surface area contributed by atoms with Gasteiger partial charge in [-0.1, -0.05) is 13.8 Å². The number of hydrogen-bond acceptors (Lipinski definition) is 8. The second-order valence-corrected chi connectivity index (χ2v) is 13.2. The normalized spacial score (nSPS) is 10.8. The number of carbonyl (C=O) groups is 6. The van der Waals surface area contributed by atoms with Gasteiger partial charge in [0, 0.05) is 73.2 Å². The summed E-state index contributed by atoms with van der Waals surface area (Å²) in [6.07, 6.45) is 0.229. The van der Waals surface area contributed by atoms with Crippen molar-refractivity contribution in [1.82, 2.24) is 31.9 Å². The number of amides is 6. The topological polar surface area (TPSA) is 175 Å². The molecule has 1 rings (SSSR count). The van der Waals surface area contributed by atoms with Gasteiger partial charge in [-0.2, -0.15) is 23.5 Å². The van der Waals surface area contributed by atoms with E-state index in [1.54, 1.807) is 26.0 Å². The van der Waals surface area contributed by atoms with E-state index in [4.69, 9.17) is 0 Å². The third kappa shape index (κ3) is 17.8. The van der Waals surface area contributed by atoms with Crippen LogP contribution in [0.3, 0.4) is 0 Å². The highest BCUT2D eigenvalue weighted by Gasteiger charge is 2.15. The van der Waals surface area contributed by atoms with Crippen LogP contribution in [0.15, 0.2) is 18.2 Å². The molecule has 0 saturated heterocycles. The Labute approximate surface area is 269 Å². The first kappa shape index (κ1) is 38.8. The van der Waals surface area contributed by atoms with Crippen molar-refractivity contribution in [2.45, 2.75) is 66.6 Å². The largest absolute Gasteiger partial charge is 0.353 e. The van der Waals surface area contributed by atoms with E-state index < -0.39 is 17.8 Å². The van der Waals surface area contributed by atoms with Gasteiger partial charge in [-0.15, -0.1) is 0 Å². The molecule has 1 aromatic carbocycles. The molecular formula is C30H48N6O6S2. The van der Waals surface area contributed by atoms with Crippen LogP contribution in [0.4, 0.5) is 4.79 Å². The van der Waals surface area contributed by atoms with Gasteiger partial charge in [0.15, 0.2) is 0 Å². The van der Waals surface area contributed by atoms with Crippen LogP contribution >= 0.6 is 23.5 Å². The van der Waals surface area contributed by atoms with Crippen LogP contribution < -0.4 is 31.9 Å². The summed E-state index contributed by atoms with van der Waals surface area (Å²) in [5.41, 5.74) is 1.04. The van der Waals surface area contributed by atoms with Gasteiger partial charge in [0.25, 0.3) is 11.8 Å². The standard InChI is InChI=1S/C30H48N6O6S2/c1-19(2)25(37)7-8-33-30(42)34-16-22-13-23(28(40)31-9-11-43-17-26(38)35-20(3)4)15-24(14-22)29(41)32-10-12-44-18-27(39)36-21(5)6/h13-15,19-21H,7-12,16-18H2,1-6H3,(H,31,40)(H,32,41)(H,35,38)(H,36,39)(H2,33,34,42). The zero-order valence-electron chi connectivity index (χ0n) is 26.6. The molecule has 0 aromatic heterocycles. The maximum atomic E-state index is 12.9. The minimum Gasteiger partial charge on any atom is -0.353 e. The molecule has 6 N–H and O–H groups in total. The van der Waals surface area contributed by atoms with E-state index >= 15 is 0 Å². The van der Waals surface area contributed by atoms with Crippen molar-refractivity contribution in [3.63, 3.8) is 0 Å². The molecule has 44 heavy (non-hydrogen) atoms. The second-order valence-electron chi connectivity index (χ2n) is 11.0. The van der Waals surface area contributed by atoms with Crippen LogP contribution in [0.25, 0.3) is 0 Å². The average molecular weight is 653 g/mol. The van der Waals surface area contributed by atoms with E-state index in [1.807, 2.05) is 27.7 Å². The fraction of sp³-hybridized carbons (Fsp3) is 0.600. The Bertz CT molecular complexity index is 1070. The van der Waals surface area contributed by atoms with Crippen molar-refractivity contribution in [2.75, 3.05) is 42.6 Å². The molecule has 0 spiro atoms. The lowest BCUT2D eigenvalue weighted by Crippen LogP contribution is -2.36. The van der Waals surface area contributed by atoms with Gasteiger partial charge in [-0.05, 0) is 51.5 Å². The van der Waals surface area contributed by atoms with Crippen molar-refractivity contribution >= 4 is 59.0 Å². The fourth-order valence-corrected chi connectivity index (χ4v) is 4.94. The predicted molar refractivity (Wildman–Crippen MR) is 177 cm³/mol. The fourth-order valence-electron chi connectivity index (χ4n) is 3.62. The first-order chi connectivity index (χ1) is 20.8. The van der Waals surface area contributed by atoms with Gasteiger partial charge in [0.2, 0.25) is 11.8 Å². The Balaban J connectivity index is 2.79. The van der Waals surface area contributed by atoms with E-state index in [9.17, 15) is 28.8 Å². The van der Waals surface area contributed by atoms with Crippen LogP contribution in [0, 0.1) is 5.92 Å². The Hall–Kier alpha value is -3.26. The lowest BCUT2D eigenvalue weighted by Gasteiger charge is -2.13. The van der Waals surface area contributed by atoms with Crippen LogP contribution in [0.2, 0.25) is 0 Å². The number of urea groups is 1. The summed E-state index contributed by atoms with van der Waals surface area (Å²) >= 11 is 2.79. The molecule has 0 heterocycles. The number of nitrogens with one attached hydrogen (secondary N) is 6. The van der Waals surface area contributed by atoms with Gasteiger partial charge >= 0.3 is 6.03 Å². The molecule has 6 amide bonds. The van der Waals surface area contributed by atoms with Gasteiger partial charge in [0.05, 0.1) is 11.5 Å². The van der Waals surface area contributed by atoms with Crippen molar-refractivity contribution in [2.24, 2.45) is 5.92 Å². The van der Waals surface area contributed by atoms with E-state index in [1.165, 1.54) is 29.6 Å². The van der Waals surface area contributed by atoms with Gasteiger partial charge in [-0.25, -0.2) is 4.79 Å². The van der Waals surface area contributed by atoms with E-state index in [0.717, 1.165) is 0 Å². The molecular weight excluding hydrogens is 605 g/mol. The Morgan fingerprint density at radius 2 is 1.11 bits per heavy atom. The molecule has 246 valence electrons. The minimum atomic E-state index is -0.473. The van der Waals surface area contributed by atoms with Gasteiger partial charge < -0.3 is 31.9 Å². The minimum absolute atomic E-state index is 0.0486. The predicted octanol–water partition coefficient (Wildman–Crippen LogP) is 2.08. The summed E-state index contributed by atoms with van der Waals surface area (Å²) in [7, 11) is 0. The van der Waals surface area contributed by atoms with Crippen LogP contribution in [-0.2, 0) is 20.9 Å². The monoisotopic (exact) mass is 652 g/mol. The molecule has 0 fully saturated rings. The third-order valence-corrected chi connectivity index (χ3v) is 7.62. The number of benzene rings is 1. The highest BCUT2D eigenvalue weighted by Crippen LogP contribution is 2.12. The van der Waals surface area contributed by atoms with Crippen molar-refractivity contribution in [3.05, 3.63) is 34.9 Å². The molecule has 14 heteroatoms. The first-order valence-electron chi connectivity index (χ1n) is 14.8. The second kappa shape index (κ2) is 21.4. The maximum absolute atomic E-state index is 12.9. The maximum Gasteiger partial charge on any atom is 0.315 e. The zero-order valence-corrected chi connectivity index (χ0v) is 28.2. The van der Waals surface area contributed by atoms with Crippen molar-refractivity contribution in [3.8, 4) is 0 Å². The Morgan fingerprint density at radius 1 is 0.636 bits per heavy atom. The van der Waals surface area contributed by atoms with Gasteiger partial charge in [0.1, 0.15) is 5.78 Å². The van der Waals surface area contributed by atoms with Gasteiger partial charge in [-0.3, -0.25) is 24.0 Å². The highest BCUT2D eigenvalue weighted by molar-refractivity contribution is 8.00. The summed E-state index contributed by atoms with van der Waals surface area (Å²) in [6, 6.07) is 4.33. The van der Waals surface area contributed by atoms with Crippen molar-refractivity contribution < 1.29 is 28.8 Å². The summed E-state index contributed by atoms with van der Waals surface area (Å²) in [6.45, 7) is 12.0. The quantitative estimate of drug-likeness (QED) is 0.116. The Morgan fingerprint density at radius 3 is 1.55 bits per heavy atom. The van der Waals surface area contributed by atoms with E-state index in [0.29, 0.717) is 30.2 Å². The van der Waals surface area contributed by atoms with E-state index in [-0.39, 0.29) is 77.7 Å². The number of ketones is 1. The average Bonchev–Trinajstić information content (AvgIpc) is 2.94. The molecule has 0 bridgehead atoms. The molecule has 1 aromatic rings. The molecule has 0 atom stereocenters. The SMILES string of the molecule is CC(C)NC(=O)CSCCNC(=O)c1cc(CNC(=O)NCCC(=O)C(C)C)cc(C(=O)NCCSCC(=O)NC(C)C)c1. The summed E-state index contributed by atoms with van der Waals surface area (Å²) in [5, 5.41) is 16.6. The molecule has 0 aliphatic rings. The number of hydrogen-bond donors (Lipinski definition) is 6. The molecule has 0 saturated carbocycles.